The number of hydrogen-bond acceptors (Lipinski definition) is 6. The van der Waals surface area contributed by atoms with E-state index >= 15 is 0 Å². The molecule has 0 saturated heterocycles. The molecule has 4 N–H and O–H groups in total. The predicted octanol–water partition coefficient (Wildman–Crippen LogP) is 0.218. The number of ether oxygens (including phenoxy) is 1. The van der Waals surface area contributed by atoms with Crippen molar-refractivity contribution in [2.45, 2.75) is 0 Å². The first-order chi connectivity index (χ1) is 13.0. The molecule has 9 heteroatoms. The molecule has 140 valence electrons. The lowest BCUT2D eigenvalue weighted by Crippen LogP contribution is -2.34. The van der Waals surface area contributed by atoms with Crippen LogP contribution in [0.2, 0.25) is 5.02 Å². The summed E-state index contributed by atoms with van der Waals surface area (Å²) in [6, 6.07) is 12.2. The van der Waals surface area contributed by atoms with Crippen molar-refractivity contribution < 1.29 is 14.7 Å². The van der Waals surface area contributed by atoms with E-state index in [1.807, 2.05) is 5.43 Å². The number of nitrogens with one attached hydrogen (secondary N) is 1. The maximum absolute atomic E-state index is 11.2. The first-order valence-electron chi connectivity index (χ1n) is 8.05. The van der Waals surface area contributed by atoms with E-state index in [1.165, 1.54) is 0 Å². The van der Waals surface area contributed by atoms with Crippen LogP contribution in [-0.2, 0) is 4.79 Å². The molecule has 1 aliphatic rings. The Bertz CT molecular complexity index is 1000. The van der Waals surface area contributed by atoms with Gasteiger partial charge in [-0.1, -0.05) is 11.6 Å². The van der Waals surface area contributed by atoms with E-state index in [2.05, 4.69) is 9.98 Å². The van der Waals surface area contributed by atoms with E-state index < -0.39 is 5.91 Å². The van der Waals surface area contributed by atoms with E-state index in [-0.39, 0.29) is 13.2 Å². The van der Waals surface area contributed by atoms with Gasteiger partial charge in [0.2, 0.25) is 0 Å². The second kappa shape index (κ2) is 8.17. The number of aliphatic imine (C=N–C) groups is 1. The fourth-order valence-corrected chi connectivity index (χ4v) is 2.82. The normalized spacial score (nSPS) is 15.0. The number of carbonyl (C=O) groups is 1. The number of hydroxylamine groups is 2. The Morgan fingerprint density at radius 1 is 1.37 bits per heavy atom. The number of hydrogen-bond donors (Lipinski definition) is 3. The summed E-state index contributed by atoms with van der Waals surface area (Å²) < 4.78 is 5.34. The van der Waals surface area contributed by atoms with Gasteiger partial charge in [-0.3, -0.25) is 20.4 Å². The molecule has 0 saturated carbocycles. The molecule has 0 unspecified atom stereocenters. The Balaban J connectivity index is 2.07. The second-order valence-electron chi connectivity index (χ2n) is 5.70. The number of rotatable bonds is 4. The number of nitrogens with two attached hydrogens (primary N) is 1. The lowest BCUT2D eigenvalue weighted by Gasteiger charge is -2.19. The van der Waals surface area contributed by atoms with Crippen molar-refractivity contribution in [3.63, 3.8) is 0 Å². The first kappa shape index (κ1) is 18.8. The van der Waals surface area contributed by atoms with Crippen molar-refractivity contribution >= 4 is 29.0 Å². The van der Waals surface area contributed by atoms with Crippen LogP contribution < -0.4 is 26.6 Å². The Morgan fingerprint density at radius 2 is 2.11 bits per heavy atom. The minimum atomic E-state index is -0.435. The van der Waals surface area contributed by atoms with Gasteiger partial charge in [-0.05, 0) is 42.5 Å². The number of fused-ring (bicyclic) bond motifs is 1. The molecule has 2 aromatic carbocycles. The van der Waals surface area contributed by atoms with Crippen molar-refractivity contribution in [2.75, 3.05) is 20.2 Å². The maximum atomic E-state index is 11.2. The summed E-state index contributed by atoms with van der Waals surface area (Å²) in [5, 5.41) is 13.6. The minimum absolute atomic E-state index is 0.132. The van der Waals surface area contributed by atoms with Crippen molar-refractivity contribution in [1.82, 2.24) is 10.5 Å². The molecule has 3 rings (SSSR count). The second-order valence-corrected chi connectivity index (χ2v) is 6.14. The van der Waals surface area contributed by atoms with Crippen molar-refractivity contribution in [1.29, 1.82) is 0 Å². The van der Waals surface area contributed by atoms with E-state index in [0.29, 0.717) is 32.9 Å². The topological polar surface area (TPSA) is 113 Å². The smallest absolute Gasteiger partial charge is 0.271 e. The third-order valence-electron chi connectivity index (χ3n) is 3.93. The SMILES string of the molecule is CN=C1CN(O)C(c2ccc(OCC(=O)NN)cc2)=c2cc(Cl)ccc2=N1. The molecule has 1 aliphatic heterocycles. The van der Waals surface area contributed by atoms with Crippen LogP contribution in [-0.4, -0.2) is 42.2 Å². The Labute approximate surface area is 160 Å². The molecule has 0 aromatic heterocycles. The molecule has 0 aliphatic carbocycles. The molecular formula is C18H18ClN5O3. The standard InChI is InChI=1S/C18H18ClN5O3/c1-21-16-9-24(26)18(14-8-12(19)4-7-15(14)22-16)11-2-5-13(6-3-11)27-10-17(25)23-20/h2-8,26H,9-10,20H2,1H3,(H,23,25). The molecule has 0 atom stereocenters. The van der Waals surface area contributed by atoms with Gasteiger partial charge < -0.3 is 4.74 Å². The summed E-state index contributed by atoms with van der Waals surface area (Å²) in [5.41, 5.74) is 3.26. The zero-order valence-corrected chi connectivity index (χ0v) is 15.3. The molecular weight excluding hydrogens is 370 g/mol. The molecule has 1 heterocycles. The number of nitrogens with zero attached hydrogens (tertiary/aromatic N) is 3. The van der Waals surface area contributed by atoms with Gasteiger partial charge in [-0.2, -0.15) is 0 Å². The third-order valence-corrected chi connectivity index (χ3v) is 4.16. The van der Waals surface area contributed by atoms with Crippen LogP contribution in [0.5, 0.6) is 5.75 Å². The summed E-state index contributed by atoms with van der Waals surface area (Å²) in [6.45, 7) is -0.0563. The van der Waals surface area contributed by atoms with Gasteiger partial charge in [0.1, 0.15) is 18.1 Å². The lowest BCUT2D eigenvalue weighted by atomic mass is 10.1. The number of carbonyl (C=O) groups excluding carboxylic acids is 1. The van der Waals surface area contributed by atoms with Gasteiger partial charge in [0, 0.05) is 22.9 Å². The van der Waals surface area contributed by atoms with Gasteiger partial charge in [-0.25, -0.2) is 15.9 Å². The molecule has 0 bridgehead atoms. The van der Waals surface area contributed by atoms with Crippen LogP contribution in [0.15, 0.2) is 52.4 Å². The zero-order chi connectivity index (χ0) is 19.4. The van der Waals surface area contributed by atoms with E-state index in [1.54, 1.807) is 49.5 Å². The highest BCUT2D eigenvalue weighted by Crippen LogP contribution is 2.20. The summed E-state index contributed by atoms with van der Waals surface area (Å²) in [5.74, 6) is 5.57. The van der Waals surface area contributed by atoms with E-state index in [9.17, 15) is 10.0 Å². The van der Waals surface area contributed by atoms with E-state index in [4.69, 9.17) is 22.2 Å². The van der Waals surface area contributed by atoms with Crippen molar-refractivity contribution in [2.24, 2.45) is 15.8 Å². The van der Waals surface area contributed by atoms with Gasteiger partial charge >= 0.3 is 0 Å². The van der Waals surface area contributed by atoms with Crippen LogP contribution >= 0.6 is 11.6 Å². The molecule has 8 nitrogen and oxygen atoms in total. The molecule has 2 aromatic rings. The average molecular weight is 388 g/mol. The Kier molecular flexibility index (Phi) is 5.70. The van der Waals surface area contributed by atoms with Gasteiger partial charge in [0.05, 0.1) is 11.1 Å². The highest BCUT2D eigenvalue weighted by atomic mass is 35.5. The fourth-order valence-electron chi connectivity index (χ4n) is 2.65. The number of benzene rings is 2. The predicted molar refractivity (Wildman–Crippen MR) is 101 cm³/mol. The van der Waals surface area contributed by atoms with Crippen LogP contribution in [0.25, 0.3) is 5.70 Å². The number of hydrazine groups is 1. The van der Waals surface area contributed by atoms with E-state index in [0.717, 1.165) is 10.6 Å². The lowest BCUT2D eigenvalue weighted by molar-refractivity contribution is -0.123. The van der Waals surface area contributed by atoms with Gasteiger partial charge in [0.15, 0.2) is 6.61 Å². The first-order valence-corrected chi connectivity index (χ1v) is 8.43. The number of amides is 1. The van der Waals surface area contributed by atoms with Crippen LogP contribution in [0.4, 0.5) is 0 Å². The highest BCUT2D eigenvalue weighted by molar-refractivity contribution is 6.30. The van der Waals surface area contributed by atoms with Crippen LogP contribution in [0, 0.1) is 0 Å². The monoisotopic (exact) mass is 387 g/mol. The number of halogens is 1. The average Bonchev–Trinajstić information content (AvgIpc) is 2.81. The van der Waals surface area contributed by atoms with Crippen LogP contribution in [0.3, 0.4) is 0 Å². The summed E-state index contributed by atoms with van der Waals surface area (Å²) in [7, 11) is 1.62. The van der Waals surface area contributed by atoms with Gasteiger partial charge in [0.25, 0.3) is 5.91 Å². The largest absolute Gasteiger partial charge is 0.484 e. The molecule has 27 heavy (non-hydrogen) atoms. The van der Waals surface area contributed by atoms with Crippen molar-refractivity contribution in [3.05, 3.63) is 63.6 Å². The highest BCUT2D eigenvalue weighted by Gasteiger charge is 2.17. The fraction of sp³-hybridized carbons (Fsp3) is 0.167. The van der Waals surface area contributed by atoms with Crippen molar-refractivity contribution in [3.8, 4) is 5.75 Å². The molecule has 0 fully saturated rings. The Morgan fingerprint density at radius 3 is 2.78 bits per heavy atom. The quantitative estimate of drug-likeness (QED) is 0.394. The molecule has 0 spiro atoms. The van der Waals surface area contributed by atoms with Crippen LogP contribution in [0.1, 0.15) is 5.56 Å². The summed E-state index contributed by atoms with van der Waals surface area (Å²) >= 11 is 6.16. The maximum Gasteiger partial charge on any atom is 0.271 e. The Hall–Kier alpha value is -2.94. The minimum Gasteiger partial charge on any atom is -0.484 e. The summed E-state index contributed by atoms with van der Waals surface area (Å²) in [6.07, 6.45) is 0. The van der Waals surface area contributed by atoms with Gasteiger partial charge in [-0.15, -0.1) is 0 Å². The summed E-state index contributed by atoms with van der Waals surface area (Å²) in [4.78, 5) is 19.8. The third kappa shape index (κ3) is 4.25. The zero-order valence-electron chi connectivity index (χ0n) is 14.5. The molecule has 0 radical (unpaired) electrons. The molecule has 1 amide bonds. The number of amidine groups is 1.